The normalized spacial score (nSPS) is 13.6. The summed E-state index contributed by atoms with van der Waals surface area (Å²) < 4.78 is 19.8. The van der Waals surface area contributed by atoms with Gasteiger partial charge in [-0.25, -0.2) is 4.39 Å². The number of imide groups is 1. The second kappa shape index (κ2) is 9.69. The number of aryl methyl sites for hydroxylation is 1. The molecule has 168 valence electrons. The van der Waals surface area contributed by atoms with Gasteiger partial charge in [0.2, 0.25) is 0 Å². The number of hydrogen-bond acceptors (Lipinski definition) is 4. The van der Waals surface area contributed by atoms with Crippen molar-refractivity contribution in [3.05, 3.63) is 101 Å². The molecule has 0 unspecified atom stereocenters. The second-order valence-corrected chi connectivity index (χ2v) is 7.67. The van der Waals surface area contributed by atoms with Gasteiger partial charge >= 0.3 is 0 Å². The van der Waals surface area contributed by atoms with Gasteiger partial charge in [-0.15, -0.1) is 0 Å². The lowest BCUT2D eigenvalue weighted by molar-refractivity contribution is -0.137. The van der Waals surface area contributed by atoms with Crippen molar-refractivity contribution in [1.29, 1.82) is 0 Å². The van der Waals surface area contributed by atoms with E-state index in [1.807, 2.05) is 31.2 Å². The lowest BCUT2D eigenvalue weighted by atomic mass is 10.0. The summed E-state index contributed by atoms with van der Waals surface area (Å²) in [5.74, 6) is -0.754. The van der Waals surface area contributed by atoms with E-state index in [1.165, 1.54) is 6.07 Å². The number of hydrogen-bond donors (Lipinski definition) is 1. The van der Waals surface area contributed by atoms with Crippen molar-refractivity contribution in [3.8, 4) is 5.75 Å². The summed E-state index contributed by atoms with van der Waals surface area (Å²) in [5.41, 5.74) is 3.14. The van der Waals surface area contributed by atoms with Crippen LogP contribution in [0.15, 0.2) is 78.5 Å². The number of amides is 2. The monoisotopic (exact) mass is 444 g/mol. The van der Waals surface area contributed by atoms with Gasteiger partial charge in [-0.2, -0.15) is 0 Å². The number of nitrogens with zero attached hydrogens (tertiary/aromatic N) is 1. The molecule has 2 amide bonds. The summed E-state index contributed by atoms with van der Waals surface area (Å²) in [4.78, 5) is 27.8. The number of halogens is 1. The van der Waals surface area contributed by atoms with Crippen LogP contribution >= 0.6 is 0 Å². The van der Waals surface area contributed by atoms with Gasteiger partial charge in [-0.1, -0.05) is 49.4 Å². The van der Waals surface area contributed by atoms with Crippen molar-refractivity contribution in [1.82, 2.24) is 4.90 Å². The predicted octanol–water partition coefficient (Wildman–Crippen LogP) is 5.18. The Kier molecular flexibility index (Phi) is 6.54. The van der Waals surface area contributed by atoms with E-state index >= 15 is 0 Å². The molecule has 0 atom stereocenters. The Hall–Kier alpha value is -3.93. The van der Waals surface area contributed by atoms with E-state index in [0.717, 1.165) is 16.9 Å². The fraction of sp³-hybridized carbons (Fsp3) is 0.185. The van der Waals surface area contributed by atoms with E-state index in [0.29, 0.717) is 23.6 Å². The number of carbonyl (C=O) groups excluding carboxylic acids is 2. The lowest BCUT2D eigenvalue weighted by Crippen LogP contribution is -2.32. The van der Waals surface area contributed by atoms with Gasteiger partial charge in [-0.3, -0.25) is 14.5 Å². The number of rotatable bonds is 8. The number of benzene rings is 3. The SMILES string of the molecule is CCOc1ccc(C2=C(Nc3ccc(CC)cc3)C(=O)N(Cc3ccccc3F)C2=O)cc1. The maximum absolute atomic E-state index is 14.3. The van der Waals surface area contributed by atoms with Gasteiger partial charge in [0.15, 0.2) is 0 Å². The average molecular weight is 445 g/mol. The highest BCUT2D eigenvalue weighted by Gasteiger charge is 2.39. The van der Waals surface area contributed by atoms with E-state index < -0.39 is 17.6 Å². The molecule has 1 N–H and O–H groups in total. The summed E-state index contributed by atoms with van der Waals surface area (Å²) in [6.45, 7) is 4.33. The third-order valence-corrected chi connectivity index (χ3v) is 5.54. The van der Waals surface area contributed by atoms with Gasteiger partial charge in [0.25, 0.3) is 11.8 Å². The standard InChI is InChI=1S/C27H25FN2O3/c1-3-18-9-13-21(14-10-18)29-25-24(19-11-15-22(16-12-19)33-4-2)26(31)30(27(25)32)17-20-7-5-6-8-23(20)28/h5-16,29H,3-4,17H2,1-2H3. The van der Waals surface area contributed by atoms with Gasteiger partial charge in [-0.05, 0) is 54.8 Å². The fourth-order valence-electron chi connectivity index (χ4n) is 3.75. The first-order valence-corrected chi connectivity index (χ1v) is 10.9. The molecule has 0 radical (unpaired) electrons. The van der Waals surface area contributed by atoms with Crippen molar-refractivity contribution in [2.45, 2.75) is 26.8 Å². The first-order valence-electron chi connectivity index (χ1n) is 10.9. The molecule has 5 nitrogen and oxygen atoms in total. The van der Waals surface area contributed by atoms with Gasteiger partial charge in [0.1, 0.15) is 17.3 Å². The molecular weight excluding hydrogens is 419 g/mol. The van der Waals surface area contributed by atoms with E-state index in [1.54, 1.807) is 42.5 Å². The zero-order valence-corrected chi connectivity index (χ0v) is 18.6. The van der Waals surface area contributed by atoms with Crippen LogP contribution in [-0.4, -0.2) is 23.3 Å². The quantitative estimate of drug-likeness (QED) is 0.487. The number of carbonyl (C=O) groups is 2. The zero-order chi connectivity index (χ0) is 23.4. The summed E-state index contributed by atoms with van der Waals surface area (Å²) in [6.07, 6.45) is 0.897. The van der Waals surface area contributed by atoms with E-state index in [2.05, 4.69) is 12.2 Å². The van der Waals surface area contributed by atoms with E-state index in [-0.39, 0.29) is 23.4 Å². The molecule has 1 aliphatic heterocycles. The van der Waals surface area contributed by atoms with Gasteiger partial charge in [0.05, 0.1) is 18.7 Å². The third-order valence-electron chi connectivity index (χ3n) is 5.54. The second-order valence-electron chi connectivity index (χ2n) is 7.67. The first-order chi connectivity index (χ1) is 16.0. The largest absolute Gasteiger partial charge is 0.494 e. The van der Waals surface area contributed by atoms with Crippen molar-refractivity contribution in [2.75, 3.05) is 11.9 Å². The van der Waals surface area contributed by atoms with E-state index in [9.17, 15) is 14.0 Å². The van der Waals surface area contributed by atoms with E-state index in [4.69, 9.17) is 4.74 Å². The summed E-state index contributed by atoms with van der Waals surface area (Å²) in [7, 11) is 0. The Morgan fingerprint density at radius 3 is 2.21 bits per heavy atom. The Morgan fingerprint density at radius 1 is 0.879 bits per heavy atom. The Labute approximate surface area is 192 Å². The van der Waals surface area contributed by atoms with Crippen LogP contribution in [0.25, 0.3) is 5.57 Å². The molecule has 1 heterocycles. The third kappa shape index (κ3) is 4.65. The molecule has 0 aromatic heterocycles. The Balaban J connectivity index is 1.72. The molecule has 0 saturated carbocycles. The molecule has 0 saturated heterocycles. The molecular formula is C27H25FN2O3. The molecule has 0 aliphatic carbocycles. The predicted molar refractivity (Wildman–Crippen MR) is 126 cm³/mol. The minimum Gasteiger partial charge on any atom is -0.494 e. The van der Waals surface area contributed by atoms with Crippen molar-refractivity contribution >= 4 is 23.1 Å². The van der Waals surface area contributed by atoms with Crippen LogP contribution < -0.4 is 10.1 Å². The maximum atomic E-state index is 14.3. The highest BCUT2D eigenvalue weighted by atomic mass is 19.1. The molecule has 33 heavy (non-hydrogen) atoms. The minimum absolute atomic E-state index is 0.148. The molecule has 4 rings (SSSR count). The number of ether oxygens (including phenoxy) is 1. The zero-order valence-electron chi connectivity index (χ0n) is 18.6. The Bertz CT molecular complexity index is 1200. The van der Waals surface area contributed by atoms with Crippen LogP contribution in [0.4, 0.5) is 10.1 Å². The molecule has 1 aliphatic rings. The van der Waals surface area contributed by atoms with Crippen LogP contribution in [0.1, 0.15) is 30.5 Å². The number of anilines is 1. The minimum atomic E-state index is -0.494. The molecule has 3 aromatic rings. The summed E-state index contributed by atoms with van der Waals surface area (Å²) in [5, 5.41) is 3.13. The summed E-state index contributed by atoms with van der Waals surface area (Å²) >= 11 is 0. The highest BCUT2D eigenvalue weighted by Crippen LogP contribution is 2.32. The first kappa shape index (κ1) is 22.3. The van der Waals surface area contributed by atoms with Gasteiger partial charge < -0.3 is 10.1 Å². The van der Waals surface area contributed by atoms with Crippen LogP contribution in [-0.2, 0) is 22.6 Å². The Morgan fingerprint density at radius 2 is 1.58 bits per heavy atom. The smallest absolute Gasteiger partial charge is 0.278 e. The van der Waals surface area contributed by atoms with Crippen molar-refractivity contribution < 1.29 is 18.7 Å². The van der Waals surface area contributed by atoms with Crippen molar-refractivity contribution in [2.24, 2.45) is 0 Å². The molecule has 6 heteroatoms. The molecule has 0 spiro atoms. The van der Waals surface area contributed by atoms with Crippen LogP contribution in [0.3, 0.4) is 0 Å². The van der Waals surface area contributed by atoms with Crippen LogP contribution in [0.2, 0.25) is 0 Å². The highest BCUT2D eigenvalue weighted by molar-refractivity contribution is 6.36. The molecule has 0 fully saturated rings. The van der Waals surface area contributed by atoms with Crippen LogP contribution in [0, 0.1) is 5.82 Å². The molecule has 3 aromatic carbocycles. The van der Waals surface area contributed by atoms with Crippen molar-refractivity contribution in [3.63, 3.8) is 0 Å². The lowest BCUT2D eigenvalue weighted by Gasteiger charge is -2.16. The number of nitrogens with one attached hydrogen (secondary N) is 1. The maximum Gasteiger partial charge on any atom is 0.278 e. The molecule has 0 bridgehead atoms. The average Bonchev–Trinajstić information content (AvgIpc) is 3.06. The topological polar surface area (TPSA) is 58.6 Å². The van der Waals surface area contributed by atoms with Gasteiger partial charge in [0, 0.05) is 11.3 Å². The summed E-state index contributed by atoms with van der Waals surface area (Å²) in [6, 6.07) is 20.8. The fourth-order valence-corrected chi connectivity index (χ4v) is 3.75. The van der Waals surface area contributed by atoms with Crippen LogP contribution in [0.5, 0.6) is 5.75 Å².